The molecule has 2 amide bonds. The molecule has 5 nitrogen and oxygen atoms in total. The molecule has 114 valence electrons. The standard InChI is InChI=1S/C16H23N3O2/c1-3-14-12-9-17-8-11(12)10-19(14)16(20)18-13-6-4-5-7-15(13)21-2/h4-7,11-12,14,17H,3,8-10H2,1-2H3,(H,18,20). The molecule has 1 aromatic rings. The third kappa shape index (κ3) is 2.58. The number of anilines is 1. The maximum absolute atomic E-state index is 12.6. The van der Waals surface area contributed by atoms with Crippen molar-refractivity contribution in [3.8, 4) is 5.75 Å². The highest BCUT2D eigenvalue weighted by Gasteiger charge is 2.45. The highest BCUT2D eigenvalue weighted by atomic mass is 16.5. The van der Waals surface area contributed by atoms with E-state index in [4.69, 9.17) is 4.74 Å². The fraction of sp³-hybridized carbons (Fsp3) is 0.562. The topological polar surface area (TPSA) is 53.6 Å². The van der Waals surface area contributed by atoms with E-state index in [1.54, 1.807) is 7.11 Å². The zero-order chi connectivity index (χ0) is 14.8. The summed E-state index contributed by atoms with van der Waals surface area (Å²) < 4.78 is 5.29. The molecule has 21 heavy (non-hydrogen) atoms. The van der Waals surface area contributed by atoms with Crippen LogP contribution in [0.3, 0.4) is 0 Å². The molecule has 2 aliphatic heterocycles. The van der Waals surface area contributed by atoms with E-state index in [2.05, 4.69) is 17.6 Å². The highest BCUT2D eigenvalue weighted by Crippen LogP contribution is 2.35. The van der Waals surface area contributed by atoms with Crippen LogP contribution in [0.25, 0.3) is 0 Å². The first-order valence-corrected chi connectivity index (χ1v) is 7.66. The van der Waals surface area contributed by atoms with E-state index in [0.29, 0.717) is 23.6 Å². The van der Waals surface area contributed by atoms with Crippen molar-refractivity contribution in [2.75, 3.05) is 32.1 Å². The Hall–Kier alpha value is -1.75. The third-order valence-electron chi connectivity index (χ3n) is 4.75. The SMILES string of the molecule is CCC1C2CNCC2CN1C(=O)Nc1ccccc1OC. The summed E-state index contributed by atoms with van der Waals surface area (Å²) in [5.74, 6) is 1.89. The predicted octanol–water partition coefficient (Wildman–Crippen LogP) is 2.16. The van der Waals surface area contributed by atoms with Gasteiger partial charge in [0.25, 0.3) is 0 Å². The fourth-order valence-corrected chi connectivity index (χ4v) is 3.71. The summed E-state index contributed by atoms with van der Waals surface area (Å²) in [6.45, 7) is 5.06. The molecule has 5 heteroatoms. The van der Waals surface area contributed by atoms with E-state index < -0.39 is 0 Å². The molecule has 0 spiro atoms. The first kappa shape index (κ1) is 14.2. The summed E-state index contributed by atoms with van der Waals surface area (Å²) in [6.07, 6.45) is 1.00. The molecular formula is C16H23N3O2. The zero-order valence-electron chi connectivity index (χ0n) is 12.6. The molecule has 2 aliphatic rings. The lowest BCUT2D eigenvalue weighted by atomic mass is 9.93. The molecule has 2 N–H and O–H groups in total. The lowest BCUT2D eigenvalue weighted by Crippen LogP contribution is -2.42. The maximum Gasteiger partial charge on any atom is 0.322 e. The van der Waals surface area contributed by atoms with Crippen molar-refractivity contribution in [1.29, 1.82) is 0 Å². The van der Waals surface area contributed by atoms with E-state index in [1.165, 1.54) is 0 Å². The Kier molecular flexibility index (Phi) is 4.01. The van der Waals surface area contributed by atoms with Gasteiger partial charge < -0.3 is 20.3 Å². The third-order valence-corrected chi connectivity index (χ3v) is 4.75. The number of nitrogens with one attached hydrogen (secondary N) is 2. The molecule has 0 aromatic heterocycles. The number of carbonyl (C=O) groups excluding carboxylic acids is 1. The molecule has 1 aromatic carbocycles. The first-order valence-electron chi connectivity index (χ1n) is 7.66. The van der Waals surface area contributed by atoms with Crippen LogP contribution in [0.2, 0.25) is 0 Å². The smallest absolute Gasteiger partial charge is 0.322 e. The Bertz CT molecular complexity index is 520. The van der Waals surface area contributed by atoms with Crippen molar-refractivity contribution >= 4 is 11.7 Å². The van der Waals surface area contributed by atoms with Crippen molar-refractivity contribution in [1.82, 2.24) is 10.2 Å². The van der Waals surface area contributed by atoms with Crippen molar-refractivity contribution in [3.05, 3.63) is 24.3 Å². The minimum Gasteiger partial charge on any atom is -0.495 e. The number of rotatable bonds is 3. The van der Waals surface area contributed by atoms with Crippen molar-refractivity contribution in [3.63, 3.8) is 0 Å². The second-order valence-corrected chi connectivity index (χ2v) is 5.84. The number of hydrogen-bond donors (Lipinski definition) is 2. The summed E-state index contributed by atoms with van der Waals surface area (Å²) in [4.78, 5) is 14.6. The van der Waals surface area contributed by atoms with Gasteiger partial charge in [-0.05, 0) is 30.4 Å². The van der Waals surface area contributed by atoms with Gasteiger partial charge in [0, 0.05) is 25.7 Å². The van der Waals surface area contributed by atoms with Gasteiger partial charge in [0.1, 0.15) is 5.75 Å². The Morgan fingerprint density at radius 3 is 3.00 bits per heavy atom. The number of amides is 2. The van der Waals surface area contributed by atoms with Gasteiger partial charge in [-0.3, -0.25) is 0 Å². The molecule has 3 unspecified atom stereocenters. The largest absolute Gasteiger partial charge is 0.495 e. The van der Waals surface area contributed by atoms with Gasteiger partial charge in [0.2, 0.25) is 0 Å². The minimum atomic E-state index is -0.0132. The molecule has 0 saturated carbocycles. The maximum atomic E-state index is 12.6. The molecule has 2 saturated heterocycles. The summed E-state index contributed by atoms with van der Waals surface area (Å²) in [7, 11) is 1.62. The lowest BCUT2D eigenvalue weighted by molar-refractivity contribution is 0.196. The molecular weight excluding hydrogens is 266 g/mol. The van der Waals surface area contributed by atoms with Crippen LogP contribution in [0.15, 0.2) is 24.3 Å². The fourth-order valence-electron chi connectivity index (χ4n) is 3.71. The average molecular weight is 289 g/mol. The Morgan fingerprint density at radius 1 is 1.43 bits per heavy atom. The van der Waals surface area contributed by atoms with Crippen molar-refractivity contribution in [2.45, 2.75) is 19.4 Å². The van der Waals surface area contributed by atoms with Crippen LogP contribution in [-0.2, 0) is 0 Å². The van der Waals surface area contributed by atoms with Crippen LogP contribution in [0.5, 0.6) is 5.75 Å². The number of likely N-dealkylation sites (tertiary alicyclic amines) is 1. The van der Waals surface area contributed by atoms with E-state index in [1.807, 2.05) is 29.2 Å². The predicted molar refractivity (Wildman–Crippen MR) is 82.6 cm³/mol. The van der Waals surface area contributed by atoms with Gasteiger partial charge >= 0.3 is 6.03 Å². The molecule has 3 rings (SSSR count). The monoisotopic (exact) mass is 289 g/mol. The van der Waals surface area contributed by atoms with E-state index in [0.717, 1.165) is 31.7 Å². The molecule has 2 heterocycles. The summed E-state index contributed by atoms with van der Waals surface area (Å²) in [6, 6.07) is 7.85. The molecule has 0 bridgehead atoms. The first-order chi connectivity index (χ1) is 10.2. The molecule has 0 radical (unpaired) electrons. The molecule has 3 atom stereocenters. The van der Waals surface area contributed by atoms with E-state index in [-0.39, 0.29) is 6.03 Å². The van der Waals surface area contributed by atoms with Crippen LogP contribution in [0.4, 0.5) is 10.5 Å². The number of carbonyl (C=O) groups is 1. The Morgan fingerprint density at radius 2 is 2.24 bits per heavy atom. The number of benzene rings is 1. The van der Waals surface area contributed by atoms with E-state index in [9.17, 15) is 4.79 Å². The number of para-hydroxylation sites is 2. The Balaban J connectivity index is 1.73. The average Bonchev–Trinajstić information content (AvgIpc) is 3.07. The molecule has 2 fully saturated rings. The van der Waals surface area contributed by atoms with Gasteiger partial charge in [-0.25, -0.2) is 4.79 Å². The van der Waals surface area contributed by atoms with Gasteiger partial charge in [-0.1, -0.05) is 19.1 Å². The van der Waals surface area contributed by atoms with Crippen molar-refractivity contribution in [2.24, 2.45) is 11.8 Å². The number of fused-ring (bicyclic) bond motifs is 1. The van der Waals surface area contributed by atoms with Gasteiger partial charge in [-0.15, -0.1) is 0 Å². The highest BCUT2D eigenvalue weighted by molar-refractivity contribution is 5.91. The number of urea groups is 1. The Labute approximate surface area is 125 Å². The van der Waals surface area contributed by atoms with Crippen LogP contribution in [0.1, 0.15) is 13.3 Å². The summed E-state index contributed by atoms with van der Waals surface area (Å²) in [5, 5.41) is 6.44. The lowest BCUT2D eigenvalue weighted by Gasteiger charge is -2.27. The number of hydrogen-bond acceptors (Lipinski definition) is 3. The van der Waals surface area contributed by atoms with Gasteiger partial charge in [-0.2, -0.15) is 0 Å². The van der Waals surface area contributed by atoms with Crippen LogP contribution < -0.4 is 15.4 Å². The minimum absolute atomic E-state index is 0.0132. The summed E-state index contributed by atoms with van der Waals surface area (Å²) >= 11 is 0. The summed E-state index contributed by atoms with van der Waals surface area (Å²) in [5.41, 5.74) is 0.732. The van der Waals surface area contributed by atoms with Gasteiger partial charge in [0.15, 0.2) is 0 Å². The normalized spacial score (nSPS) is 27.5. The van der Waals surface area contributed by atoms with Crippen LogP contribution in [0, 0.1) is 11.8 Å². The molecule has 0 aliphatic carbocycles. The quantitative estimate of drug-likeness (QED) is 0.896. The number of methoxy groups -OCH3 is 1. The second-order valence-electron chi connectivity index (χ2n) is 5.84. The van der Waals surface area contributed by atoms with Crippen LogP contribution in [-0.4, -0.2) is 43.7 Å². The second kappa shape index (κ2) is 5.93. The zero-order valence-corrected chi connectivity index (χ0v) is 12.6. The van der Waals surface area contributed by atoms with Gasteiger partial charge in [0.05, 0.1) is 12.8 Å². The number of nitrogens with zero attached hydrogens (tertiary/aromatic N) is 1. The van der Waals surface area contributed by atoms with Crippen LogP contribution >= 0.6 is 0 Å². The number of ether oxygens (including phenoxy) is 1. The van der Waals surface area contributed by atoms with E-state index >= 15 is 0 Å². The van der Waals surface area contributed by atoms with Crippen molar-refractivity contribution < 1.29 is 9.53 Å².